The summed E-state index contributed by atoms with van der Waals surface area (Å²) in [6.45, 7) is 2.22. The Morgan fingerprint density at radius 3 is 2.57 bits per heavy atom. The van der Waals surface area contributed by atoms with E-state index in [1.54, 1.807) is 0 Å². The van der Waals surface area contributed by atoms with Crippen LogP contribution in [0.4, 0.5) is 0 Å². The molecular weight excluding hydrogens is 282 g/mol. The summed E-state index contributed by atoms with van der Waals surface area (Å²) in [6.07, 6.45) is 5.67. The zero-order valence-corrected chi connectivity index (χ0v) is 13.2. The minimum atomic E-state index is 0.749. The molecule has 2 aromatic heterocycles. The molecular formula is C20H19N3. The number of hydrogen-bond acceptors (Lipinski definition) is 2. The first-order valence-corrected chi connectivity index (χ1v) is 8.18. The van der Waals surface area contributed by atoms with E-state index in [1.165, 1.54) is 18.4 Å². The predicted octanol–water partition coefficient (Wildman–Crippen LogP) is 4.89. The van der Waals surface area contributed by atoms with Gasteiger partial charge in [-0.3, -0.25) is 4.40 Å². The standard InChI is InChI=1S/C20H19N3/c1-2-3-6-15-9-11-16(12-10-15)17-13-14-23-19-8-5-4-7-18(19)22-20(23)21-17/h4-5,7-14H,2-3,6H2,1H3. The van der Waals surface area contributed by atoms with E-state index in [0.717, 1.165) is 34.5 Å². The van der Waals surface area contributed by atoms with E-state index in [1.807, 2.05) is 22.6 Å². The quantitative estimate of drug-likeness (QED) is 0.537. The van der Waals surface area contributed by atoms with Gasteiger partial charge in [0.25, 0.3) is 0 Å². The van der Waals surface area contributed by atoms with Crippen molar-refractivity contribution in [3.05, 3.63) is 66.4 Å². The second-order valence-electron chi connectivity index (χ2n) is 5.88. The van der Waals surface area contributed by atoms with Gasteiger partial charge in [-0.05, 0) is 36.6 Å². The van der Waals surface area contributed by atoms with E-state index in [-0.39, 0.29) is 0 Å². The highest BCUT2D eigenvalue weighted by molar-refractivity contribution is 5.79. The van der Waals surface area contributed by atoms with E-state index < -0.39 is 0 Å². The molecule has 0 radical (unpaired) electrons. The van der Waals surface area contributed by atoms with Gasteiger partial charge in [0.15, 0.2) is 0 Å². The highest BCUT2D eigenvalue weighted by Gasteiger charge is 2.07. The van der Waals surface area contributed by atoms with Crippen LogP contribution in [0.3, 0.4) is 0 Å². The summed E-state index contributed by atoms with van der Waals surface area (Å²) in [7, 11) is 0. The number of aryl methyl sites for hydroxylation is 1. The second-order valence-corrected chi connectivity index (χ2v) is 5.88. The maximum absolute atomic E-state index is 4.73. The van der Waals surface area contributed by atoms with Gasteiger partial charge in [-0.2, -0.15) is 0 Å². The third-order valence-corrected chi connectivity index (χ3v) is 4.25. The van der Waals surface area contributed by atoms with Crippen molar-refractivity contribution in [1.82, 2.24) is 14.4 Å². The van der Waals surface area contributed by atoms with Crippen molar-refractivity contribution < 1.29 is 0 Å². The van der Waals surface area contributed by atoms with Crippen LogP contribution in [0.15, 0.2) is 60.8 Å². The number of hydrogen-bond donors (Lipinski definition) is 0. The maximum atomic E-state index is 4.73. The van der Waals surface area contributed by atoms with Gasteiger partial charge in [-0.1, -0.05) is 49.7 Å². The lowest BCUT2D eigenvalue weighted by Gasteiger charge is -2.04. The number of benzene rings is 2. The molecule has 0 amide bonds. The molecule has 0 fully saturated rings. The molecule has 3 heteroatoms. The van der Waals surface area contributed by atoms with Crippen LogP contribution in [0, 0.1) is 0 Å². The van der Waals surface area contributed by atoms with Crippen molar-refractivity contribution in [2.75, 3.05) is 0 Å². The number of para-hydroxylation sites is 2. The van der Waals surface area contributed by atoms with E-state index in [2.05, 4.69) is 54.5 Å². The molecule has 0 unspecified atom stereocenters. The van der Waals surface area contributed by atoms with Gasteiger partial charge >= 0.3 is 0 Å². The summed E-state index contributed by atoms with van der Waals surface area (Å²) in [5.41, 5.74) is 5.57. The molecule has 23 heavy (non-hydrogen) atoms. The number of imidazole rings is 1. The first kappa shape index (κ1) is 13.9. The summed E-state index contributed by atoms with van der Waals surface area (Å²) in [5, 5.41) is 0. The minimum Gasteiger partial charge on any atom is -0.284 e. The SMILES string of the molecule is CCCCc1ccc(-c2ccn3c(n2)nc2ccccc23)cc1. The lowest BCUT2D eigenvalue weighted by Crippen LogP contribution is -1.91. The molecule has 2 heterocycles. The molecule has 0 aliphatic rings. The van der Waals surface area contributed by atoms with Gasteiger partial charge in [0.1, 0.15) is 0 Å². The highest BCUT2D eigenvalue weighted by Crippen LogP contribution is 2.21. The molecule has 4 aromatic rings. The molecule has 0 aliphatic heterocycles. The second kappa shape index (κ2) is 5.84. The Morgan fingerprint density at radius 2 is 1.74 bits per heavy atom. The van der Waals surface area contributed by atoms with Crippen LogP contribution in [0.2, 0.25) is 0 Å². The van der Waals surface area contributed by atoms with Gasteiger partial charge in [0.05, 0.1) is 16.7 Å². The minimum absolute atomic E-state index is 0.749. The van der Waals surface area contributed by atoms with Gasteiger partial charge in [-0.25, -0.2) is 9.97 Å². The zero-order chi connectivity index (χ0) is 15.6. The molecule has 0 saturated carbocycles. The van der Waals surface area contributed by atoms with Crippen LogP contribution < -0.4 is 0 Å². The molecule has 0 bridgehead atoms. The van der Waals surface area contributed by atoms with Crippen molar-refractivity contribution in [3.63, 3.8) is 0 Å². The number of fused-ring (bicyclic) bond motifs is 3. The third kappa shape index (κ3) is 2.59. The zero-order valence-electron chi connectivity index (χ0n) is 13.2. The number of nitrogens with zero attached hydrogens (tertiary/aromatic N) is 3. The fraction of sp³-hybridized carbons (Fsp3) is 0.200. The van der Waals surface area contributed by atoms with Crippen molar-refractivity contribution in [2.45, 2.75) is 26.2 Å². The molecule has 0 spiro atoms. The van der Waals surface area contributed by atoms with E-state index in [4.69, 9.17) is 4.98 Å². The van der Waals surface area contributed by atoms with Crippen LogP contribution in [-0.4, -0.2) is 14.4 Å². The maximum Gasteiger partial charge on any atom is 0.235 e. The average molecular weight is 301 g/mol. The lowest BCUT2D eigenvalue weighted by molar-refractivity contribution is 0.795. The van der Waals surface area contributed by atoms with E-state index in [0.29, 0.717) is 0 Å². The summed E-state index contributed by atoms with van der Waals surface area (Å²) in [5.74, 6) is 0.749. The smallest absolute Gasteiger partial charge is 0.235 e. The van der Waals surface area contributed by atoms with Crippen LogP contribution in [0.1, 0.15) is 25.3 Å². The summed E-state index contributed by atoms with van der Waals surface area (Å²) < 4.78 is 2.04. The van der Waals surface area contributed by atoms with E-state index >= 15 is 0 Å². The van der Waals surface area contributed by atoms with Gasteiger partial charge in [-0.15, -0.1) is 0 Å². The Balaban J connectivity index is 1.72. The molecule has 4 rings (SSSR count). The fourth-order valence-electron chi connectivity index (χ4n) is 2.93. The number of rotatable bonds is 4. The van der Waals surface area contributed by atoms with Gasteiger partial charge in [0.2, 0.25) is 5.78 Å². The van der Waals surface area contributed by atoms with Crippen LogP contribution >= 0.6 is 0 Å². The largest absolute Gasteiger partial charge is 0.284 e. The molecule has 0 atom stereocenters. The summed E-state index contributed by atoms with van der Waals surface area (Å²) in [6, 6.07) is 18.9. The Bertz CT molecular complexity index is 952. The number of aromatic nitrogens is 3. The molecule has 0 saturated heterocycles. The normalized spacial score (nSPS) is 11.3. The van der Waals surface area contributed by atoms with Gasteiger partial charge < -0.3 is 0 Å². The molecule has 3 nitrogen and oxygen atoms in total. The summed E-state index contributed by atoms with van der Waals surface area (Å²) in [4.78, 5) is 9.34. The highest BCUT2D eigenvalue weighted by atomic mass is 15.1. The first-order chi connectivity index (χ1) is 11.3. The lowest BCUT2D eigenvalue weighted by atomic mass is 10.0. The Hall–Kier alpha value is -2.68. The molecule has 0 N–H and O–H groups in total. The predicted molar refractivity (Wildman–Crippen MR) is 94.5 cm³/mol. The third-order valence-electron chi connectivity index (χ3n) is 4.25. The van der Waals surface area contributed by atoms with Crippen LogP contribution in [-0.2, 0) is 6.42 Å². The van der Waals surface area contributed by atoms with Gasteiger partial charge in [0, 0.05) is 11.8 Å². The average Bonchev–Trinajstić information content (AvgIpc) is 2.98. The van der Waals surface area contributed by atoms with Crippen LogP contribution in [0.25, 0.3) is 28.1 Å². The topological polar surface area (TPSA) is 30.2 Å². The van der Waals surface area contributed by atoms with Crippen molar-refractivity contribution in [2.24, 2.45) is 0 Å². The van der Waals surface area contributed by atoms with Crippen LogP contribution in [0.5, 0.6) is 0 Å². The monoisotopic (exact) mass is 301 g/mol. The Kier molecular flexibility index (Phi) is 3.54. The Morgan fingerprint density at radius 1 is 0.913 bits per heavy atom. The van der Waals surface area contributed by atoms with Crippen molar-refractivity contribution in [3.8, 4) is 11.3 Å². The molecule has 0 aliphatic carbocycles. The Labute approximate surface area is 135 Å². The van der Waals surface area contributed by atoms with Crippen molar-refractivity contribution in [1.29, 1.82) is 0 Å². The summed E-state index contributed by atoms with van der Waals surface area (Å²) >= 11 is 0. The molecule has 114 valence electrons. The molecule has 2 aromatic carbocycles. The van der Waals surface area contributed by atoms with Crippen molar-refractivity contribution >= 4 is 16.8 Å². The first-order valence-electron chi connectivity index (χ1n) is 8.18. The number of unbranched alkanes of at least 4 members (excludes halogenated alkanes) is 1. The van der Waals surface area contributed by atoms with E-state index in [9.17, 15) is 0 Å². The fourth-order valence-corrected chi connectivity index (χ4v) is 2.93.